The third-order valence-electron chi connectivity index (χ3n) is 9.08. The fourth-order valence-corrected chi connectivity index (χ4v) is 11.2. The number of nitrogens with two attached hydrogens (primary N) is 1. The van der Waals surface area contributed by atoms with Crippen LogP contribution in [0.15, 0.2) is 48.5 Å². The lowest BCUT2D eigenvalue weighted by atomic mass is 10.1. The van der Waals surface area contributed by atoms with Gasteiger partial charge >= 0.3 is 17.9 Å². The van der Waals surface area contributed by atoms with E-state index in [0.717, 1.165) is 48.5 Å². The number of ether oxygens (including phenoxy) is 2. The zero-order valence-corrected chi connectivity index (χ0v) is 45.7. The number of aromatic carboxylic acids is 1. The summed E-state index contributed by atoms with van der Waals surface area (Å²) in [5.41, 5.74) is 0.700. The summed E-state index contributed by atoms with van der Waals surface area (Å²) in [7, 11) is -8.83. The molecule has 0 radical (unpaired) electrons. The Kier molecular flexibility index (Phi) is 30.3. The van der Waals surface area contributed by atoms with Crippen molar-refractivity contribution in [3.8, 4) is 0 Å². The lowest BCUT2D eigenvalue weighted by Crippen LogP contribution is -2.15. The highest BCUT2D eigenvalue weighted by Gasteiger charge is 2.26. The van der Waals surface area contributed by atoms with Crippen molar-refractivity contribution < 1.29 is 103 Å². The molecule has 0 fully saturated rings. The van der Waals surface area contributed by atoms with Crippen LogP contribution < -0.4 is 5.73 Å². The van der Waals surface area contributed by atoms with Gasteiger partial charge in [0.15, 0.2) is 41.6 Å². The molecular weight excluding hydrogens is 1130 g/mol. The molecule has 16 nitrogen and oxygen atoms in total. The molecule has 0 heterocycles. The molecular formula is C47H56ClF8NO15S4. The van der Waals surface area contributed by atoms with Gasteiger partial charge in [-0.05, 0) is 69.9 Å². The van der Waals surface area contributed by atoms with E-state index in [2.05, 4.69) is 9.47 Å². The van der Waals surface area contributed by atoms with E-state index in [4.69, 9.17) is 21.5 Å². The van der Waals surface area contributed by atoms with Crippen LogP contribution in [0.4, 0.5) is 40.8 Å². The second-order valence-corrected chi connectivity index (χ2v) is 24.9. The Labute approximate surface area is 440 Å². The number of aldehydes is 1. The van der Waals surface area contributed by atoms with Crippen LogP contribution in [0.3, 0.4) is 0 Å². The van der Waals surface area contributed by atoms with Gasteiger partial charge in [0.25, 0.3) is 0 Å². The van der Waals surface area contributed by atoms with Crippen LogP contribution in [0.2, 0.25) is 0 Å². The first-order valence-electron chi connectivity index (χ1n) is 22.4. The SMILES string of the molecule is CCCS(=O)(=O)Cc1ccc(F)c(C(=O)O)c1F.CCCS(=O)(=O)Cc1ccc(F)c(C(=O)OCC)c1F.CCCS(=O)(=O)Cc1ccc(F)c(C=O)c1F.CCCS(=O)(=O)Cl.CCOC(=O)c1c(F)ccc(N)c1F. The van der Waals surface area contributed by atoms with Crippen LogP contribution in [-0.4, -0.2) is 99.2 Å². The minimum absolute atomic E-state index is 0.0317. The van der Waals surface area contributed by atoms with Crippen molar-refractivity contribution in [1.29, 1.82) is 0 Å². The molecule has 29 heteroatoms. The summed E-state index contributed by atoms with van der Waals surface area (Å²) in [6.45, 7) is 9.85. The summed E-state index contributed by atoms with van der Waals surface area (Å²) >= 11 is 0. The molecule has 0 aliphatic heterocycles. The molecule has 0 atom stereocenters. The number of hydrogen-bond acceptors (Lipinski definition) is 15. The van der Waals surface area contributed by atoms with Gasteiger partial charge < -0.3 is 20.3 Å². The highest BCUT2D eigenvalue weighted by Crippen LogP contribution is 2.23. The Hall–Kier alpha value is -5.71. The van der Waals surface area contributed by atoms with E-state index < -0.39 is 143 Å². The van der Waals surface area contributed by atoms with Crippen LogP contribution in [0.5, 0.6) is 0 Å². The van der Waals surface area contributed by atoms with E-state index in [0.29, 0.717) is 25.7 Å². The second-order valence-electron chi connectivity index (χ2n) is 15.4. The van der Waals surface area contributed by atoms with Crippen molar-refractivity contribution >= 4 is 79.1 Å². The first-order valence-corrected chi connectivity index (χ1v) is 30.3. The largest absolute Gasteiger partial charge is 0.477 e. The molecule has 0 aliphatic carbocycles. The number of anilines is 1. The van der Waals surface area contributed by atoms with E-state index in [1.165, 1.54) is 6.92 Å². The Balaban J connectivity index is 0.000000951. The molecule has 0 amide bonds. The number of carbonyl (C=O) groups is 4. The number of sulfone groups is 3. The van der Waals surface area contributed by atoms with Gasteiger partial charge in [0.1, 0.15) is 57.4 Å². The van der Waals surface area contributed by atoms with Crippen molar-refractivity contribution in [3.05, 3.63) is 134 Å². The Morgan fingerprint density at radius 2 is 0.816 bits per heavy atom. The maximum Gasteiger partial charge on any atom is 0.344 e. The van der Waals surface area contributed by atoms with Crippen molar-refractivity contribution in [1.82, 2.24) is 0 Å². The van der Waals surface area contributed by atoms with Crippen molar-refractivity contribution in [2.75, 3.05) is 42.0 Å². The summed E-state index contributed by atoms with van der Waals surface area (Å²) in [5, 5.41) is 8.64. The average Bonchev–Trinajstić information content (AvgIpc) is 3.29. The molecule has 4 aromatic rings. The number of nitrogen functional groups attached to an aromatic ring is 1. The van der Waals surface area contributed by atoms with Gasteiger partial charge in [-0.25, -0.2) is 83.2 Å². The monoisotopic (exact) mass is 1190 g/mol. The fourth-order valence-electron chi connectivity index (χ4n) is 5.90. The molecule has 0 aromatic heterocycles. The van der Waals surface area contributed by atoms with Gasteiger partial charge in [-0.2, -0.15) is 0 Å². The molecule has 0 spiro atoms. The maximum absolute atomic E-state index is 14.1. The topological polar surface area (TPSA) is 270 Å². The lowest BCUT2D eigenvalue weighted by molar-refractivity contribution is 0.0505. The molecule has 4 rings (SSSR count). The molecule has 0 saturated heterocycles. The third kappa shape index (κ3) is 24.1. The van der Waals surface area contributed by atoms with Crippen molar-refractivity contribution in [2.24, 2.45) is 0 Å². The van der Waals surface area contributed by atoms with Crippen LogP contribution in [-0.2, 0) is 65.3 Å². The number of carbonyl (C=O) groups excluding carboxylic acids is 3. The average molecular weight is 1190 g/mol. The fraction of sp³-hybridized carbons (Fsp3) is 0.404. The summed E-state index contributed by atoms with van der Waals surface area (Å²) in [6.07, 6.45) is 1.82. The predicted molar refractivity (Wildman–Crippen MR) is 267 cm³/mol. The molecule has 3 N–H and O–H groups in total. The van der Waals surface area contributed by atoms with Crippen LogP contribution in [0.25, 0.3) is 0 Å². The second kappa shape index (κ2) is 32.8. The molecule has 426 valence electrons. The molecule has 0 unspecified atom stereocenters. The quantitative estimate of drug-likeness (QED) is 0.0274. The van der Waals surface area contributed by atoms with Gasteiger partial charge in [-0.3, -0.25) is 4.79 Å². The minimum Gasteiger partial charge on any atom is -0.477 e. The van der Waals surface area contributed by atoms with Gasteiger partial charge in [0.2, 0.25) is 9.05 Å². The van der Waals surface area contributed by atoms with Crippen molar-refractivity contribution in [2.45, 2.75) is 84.5 Å². The summed E-state index contributed by atoms with van der Waals surface area (Å²) in [6, 6.07) is 7.51. The molecule has 4 aromatic carbocycles. The number of esters is 2. The standard InChI is InChI=1S/C13H16F2O4S.C11H12F2O4S.C11H12F2O3S.C9H9F2NO2.C3H7ClO2S/c1-3-7-20(17,18)8-9-5-6-10(14)11(12(9)15)13(16)19-4-2;1-2-5-18(16,17)6-7-3-4-8(12)9(10(7)13)11(14)15;1-2-5-17(15,16)7-8-3-4-10(12)9(6-14)11(8)13;1-2-14-9(13)7-5(10)3-4-6(12)8(7)11;1-2-3-7(4,5)6/h5-6H,3-4,7-8H2,1-2H3;3-4H,2,5-6H2,1H3,(H,14,15);3-4,6H,2,5,7H2,1H3;3-4H,2,12H2,1H3;2-3H2,1H3. The van der Waals surface area contributed by atoms with E-state index in [1.807, 2.05) is 0 Å². The zero-order chi connectivity index (χ0) is 58.9. The van der Waals surface area contributed by atoms with Gasteiger partial charge in [-0.1, -0.05) is 45.9 Å². The molecule has 0 saturated carbocycles. The number of carboxylic acids is 1. The first kappa shape index (κ1) is 70.3. The number of halogens is 9. The third-order valence-corrected chi connectivity index (χ3v) is 15.8. The first-order chi connectivity index (χ1) is 35.1. The number of hydrogen-bond donors (Lipinski definition) is 2. The smallest absolute Gasteiger partial charge is 0.344 e. The van der Waals surface area contributed by atoms with Gasteiger partial charge in [-0.15, -0.1) is 0 Å². The summed E-state index contributed by atoms with van der Waals surface area (Å²) < 4.78 is 205. The maximum atomic E-state index is 14.1. The van der Waals surface area contributed by atoms with Crippen LogP contribution in [0.1, 0.15) is 125 Å². The molecule has 0 aliphatic rings. The Bertz CT molecular complexity index is 3110. The number of carboxylic acid groups (broad SMARTS) is 1. The van der Waals surface area contributed by atoms with Gasteiger partial charge in [0.05, 0.1) is 64.7 Å². The summed E-state index contributed by atoms with van der Waals surface area (Å²) in [5.74, 6) is -14.8. The Morgan fingerprint density at radius 3 is 1.13 bits per heavy atom. The van der Waals surface area contributed by atoms with Crippen molar-refractivity contribution in [3.63, 3.8) is 0 Å². The zero-order valence-electron chi connectivity index (χ0n) is 41.7. The number of benzene rings is 4. The normalized spacial score (nSPS) is 11.2. The highest BCUT2D eigenvalue weighted by atomic mass is 35.7. The number of rotatable bonds is 20. The van der Waals surface area contributed by atoms with Crippen LogP contribution in [0, 0.1) is 46.5 Å². The highest BCUT2D eigenvalue weighted by molar-refractivity contribution is 8.13. The van der Waals surface area contributed by atoms with E-state index in [1.54, 1.807) is 34.6 Å². The van der Waals surface area contributed by atoms with Gasteiger partial charge in [0, 0.05) is 27.4 Å². The Morgan fingerprint density at radius 1 is 0.500 bits per heavy atom. The van der Waals surface area contributed by atoms with E-state index in [-0.39, 0.29) is 64.9 Å². The molecule has 0 bridgehead atoms. The van der Waals surface area contributed by atoms with E-state index >= 15 is 0 Å². The van der Waals surface area contributed by atoms with Crippen LogP contribution >= 0.6 is 10.7 Å². The lowest BCUT2D eigenvalue weighted by Gasteiger charge is -2.09. The minimum atomic E-state index is -3.52. The molecule has 76 heavy (non-hydrogen) atoms. The predicted octanol–water partition coefficient (Wildman–Crippen LogP) is 9.24. The van der Waals surface area contributed by atoms with E-state index in [9.17, 15) is 88.0 Å². The summed E-state index contributed by atoms with van der Waals surface area (Å²) in [4.78, 5) is 43.7.